The topological polar surface area (TPSA) is 94.5 Å². The predicted molar refractivity (Wildman–Crippen MR) is 113 cm³/mol. The molecule has 4 rings (SSSR count). The summed E-state index contributed by atoms with van der Waals surface area (Å²) < 4.78 is 9.36. The Labute approximate surface area is 168 Å². The molecule has 0 atom stereocenters. The maximum absolute atomic E-state index is 11.8. The zero-order valence-electron chi connectivity index (χ0n) is 16.7. The van der Waals surface area contributed by atoms with E-state index < -0.39 is 14.0 Å². The number of rotatable bonds is 7. The summed E-state index contributed by atoms with van der Waals surface area (Å²) in [5, 5.41) is 9.63. The molecule has 0 amide bonds. The minimum absolute atomic E-state index is 0.103. The monoisotopic (exact) mass is 409 g/mol. The van der Waals surface area contributed by atoms with Crippen molar-refractivity contribution in [3.63, 3.8) is 0 Å². The average molecular weight is 410 g/mol. The Morgan fingerprint density at radius 2 is 2.07 bits per heavy atom. The second-order valence-corrected chi connectivity index (χ2v) is 13.8. The first-order valence-corrected chi connectivity index (χ1v) is 13.1. The Morgan fingerprint density at radius 1 is 1.24 bits per heavy atom. The molecule has 4 heterocycles. The third kappa shape index (κ3) is 3.92. The van der Waals surface area contributed by atoms with Crippen molar-refractivity contribution in [1.82, 2.24) is 23.9 Å². The summed E-state index contributed by atoms with van der Waals surface area (Å²) in [5.74, 6) is -1.04. The van der Waals surface area contributed by atoms with Crippen LogP contribution in [-0.4, -0.2) is 49.7 Å². The number of nitrogens with zero attached hydrogens (tertiary/aromatic N) is 5. The summed E-state index contributed by atoms with van der Waals surface area (Å²) in [6, 6.07) is 6.81. The lowest BCUT2D eigenvalue weighted by Crippen LogP contribution is -2.22. The molecule has 0 saturated carbocycles. The van der Waals surface area contributed by atoms with Crippen LogP contribution in [0.4, 0.5) is 0 Å². The highest BCUT2D eigenvalue weighted by Crippen LogP contribution is 2.25. The zero-order valence-corrected chi connectivity index (χ0v) is 17.7. The molecule has 0 radical (unpaired) electrons. The summed E-state index contributed by atoms with van der Waals surface area (Å²) >= 11 is 0. The van der Waals surface area contributed by atoms with E-state index >= 15 is 0 Å². The van der Waals surface area contributed by atoms with Crippen LogP contribution < -0.4 is 0 Å². The summed E-state index contributed by atoms with van der Waals surface area (Å²) in [4.78, 5) is 25.3. The maximum Gasteiger partial charge on any atom is 0.339 e. The standard InChI is InChI=1S/C20H23N5O3Si/c1-29(2,3)9-8-28-13-25-11-14(20(26)27)17-19(25)21-10-15(23-17)18-16-6-4-5-7-24(16)12-22-18/h4-7,10-12H,8-9,13H2,1-3H3,(H,26,27). The Morgan fingerprint density at radius 3 is 2.83 bits per heavy atom. The van der Waals surface area contributed by atoms with Crippen LogP contribution in [0.3, 0.4) is 0 Å². The highest BCUT2D eigenvalue weighted by Gasteiger charge is 2.19. The number of imidazole rings is 1. The van der Waals surface area contributed by atoms with Crippen molar-refractivity contribution in [2.24, 2.45) is 0 Å². The van der Waals surface area contributed by atoms with Gasteiger partial charge in [0.1, 0.15) is 35.5 Å². The molecule has 150 valence electrons. The van der Waals surface area contributed by atoms with Crippen LogP contribution in [0.15, 0.2) is 43.1 Å². The Balaban J connectivity index is 1.69. The van der Waals surface area contributed by atoms with Gasteiger partial charge in [-0.3, -0.25) is 0 Å². The minimum Gasteiger partial charge on any atom is -0.478 e. The summed E-state index contributed by atoms with van der Waals surface area (Å²) in [6.45, 7) is 7.75. The van der Waals surface area contributed by atoms with E-state index in [0.29, 0.717) is 29.2 Å². The van der Waals surface area contributed by atoms with Gasteiger partial charge in [-0.2, -0.15) is 0 Å². The quantitative estimate of drug-likeness (QED) is 0.369. The molecule has 8 nitrogen and oxygen atoms in total. The molecule has 0 aliphatic carbocycles. The third-order valence-corrected chi connectivity index (χ3v) is 6.41. The zero-order chi connectivity index (χ0) is 20.6. The van der Waals surface area contributed by atoms with Crippen LogP contribution >= 0.6 is 0 Å². The van der Waals surface area contributed by atoms with Gasteiger partial charge in [-0.05, 0) is 18.2 Å². The van der Waals surface area contributed by atoms with E-state index in [4.69, 9.17) is 4.74 Å². The highest BCUT2D eigenvalue weighted by atomic mass is 28.3. The van der Waals surface area contributed by atoms with Gasteiger partial charge in [-0.25, -0.2) is 19.7 Å². The van der Waals surface area contributed by atoms with E-state index in [2.05, 4.69) is 34.6 Å². The van der Waals surface area contributed by atoms with Crippen LogP contribution in [0.25, 0.3) is 28.1 Å². The first-order valence-electron chi connectivity index (χ1n) is 9.42. The van der Waals surface area contributed by atoms with Gasteiger partial charge in [0.25, 0.3) is 0 Å². The normalized spacial score (nSPS) is 12.1. The predicted octanol–water partition coefficient (Wildman–Crippen LogP) is 3.76. The number of fused-ring (bicyclic) bond motifs is 2. The number of aromatic carboxylic acids is 1. The fourth-order valence-electron chi connectivity index (χ4n) is 3.10. The highest BCUT2D eigenvalue weighted by molar-refractivity contribution is 6.76. The number of hydrogen-bond acceptors (Lipinski definition) is 5. The van der Waals surface area contributed by atoms with Crippen molar-refractivity contribution >= 4 is 30.7 Å². The summed E-state index contributed by atoms with van der Waals surface area (Å²) in [6.07, 6.45) is 6.76. The number of hydrogen-bond donors (Lipinski definition) is 1. The van der Waals surface area contributed by atoms with E-state index in [-0.39, 0.29) is 12.3 Å². The molecule has 0 bridgehead atoms. The van der Waals surface area contributed by atoms with E-state index in [1.807, 2.05) is 28.8 Å². The van der Waals surface area contributed by atoms with Crippen LogP contribution in [0, 0.1) is 0 Å². The van der Waals surface area contributed by atoms with Crippen LogP contribution in [0.2, 0.25) is 25.7 Å². The van der Waals surface area contributed by atoms with Crippen molar-refractivity contribution in [3.05, 3.63) is 48.7 Å². The largest absolute Gasteiger partial charge is 0.478 e. The van der Waals surface area contributed by atoms with Gasteiger partial charge in [0, 0.05) is 27.1 Å². The van der Waals surface area contributed by atoms with E-state index in [9.17, 15) is 9.90 Å². The molecular formula is C20H23N5O3Si. The molecule has 29 heavy (non-hydrogen) atoms. The minimum atomic E-state index is -1.19. The molecule has 0 unspecified atom stereocenters. The number of carbonyl (C=O) groups is 1. The molecular weight excluding hydrogens is 386 g/mol. The van der Waals surface area contributed by atoms with Gasteiger partial charge in [-0.1, -0.05) is 25.7 Å². The van der Waals surface area contributed by atoms with Gasteiger partial charge in [0.05, 0.1) is 11.7 Å². The van der Waals surface area contributed by atoms with E-state index in [1.165, 1.54) is 6.20 Å². The summed E-state index contributed by atoms with van der Waals surface area (Å²) in [7, 11) is -1.19. The van der Waals surface area contributed by atoms with Crippen molar-refractivity contribution in [3.8, 4) is 11.4 Å². The fraction of sp³-hybridized carbons (Fsp3) is 0.300. The lowest BCUT2D eigenvalue weighted by molar-refractivity contribution is 0.0696. The van der Waals surface area contributed by atoms with Crippen LogP contribution in [0.1, 0.15) is 10.4 Å². The van der Waals surface area contributed by atoms with Crippen molar-refractivity contribution < 1.29 is 14.6 Å². The van der Waals surface area contributed by atoms with Gasteiger partial charge in [0.15, 0.2) is 5.65 Å². The lowest BCUT2D eigenvalue weighted by Gasteiger charge is -2.15. The molecule has 0 spiro atoms. The van der Waals surface area contributed by atoms with Gasteiger partial charge >= 0.3 is 5.97 Å². The number of pyridine rings is 1. The van der Waals surface area contributed by atoms with Crippen molar-refractivity contribution in [2.75, 3.05) is 6.61 Å². The van der Waals surface area contributed by atoms with Gasteiger partial charge in [0.2, 0.25) is 0 Å². The Kier molecular flexibility index (Phi) is 4.93. The molecule has 1 N–H and O–H groups in total. The van der Waals surface area contributed by atoms with Crippen LogP contribution in [0.5, 0.6) is 0 Å². The second-order valence-electron chi connectivity index (χ2n) is 8.18. The SMILES string of the molecule is C[Si](C)(C)CCOCn1cc(C(=O)O)c2nc(-c3ncn4ccccc34)cnc21. The molecule has 4 aromatic rings. The smallest absolute Gasteiger partial charge is 0.339 e. The number of ether oxygens (including phenoxy) is 1. The molecule has 0 fully saturated rings. The molecule has 0 aliphatic heterocycles. The Hall–Kier alpha value is -3.04. The number of carboxylic acid groups (broad SMARTS) is 1. The molecule has 0 aromatic carbocycles. The first kappa shape index (κ1) is 19.3. The Bertz CT molecular complexity index is 1190. The summed E-state index contributed by atoms with van der Waals surface area (Å²) in [5.41, 5.74) is 3.00. The van der Waals surface area contributed by atoms with Gasteiger partial charge < -0.3 is 18.8 Å². The molecule has 4 aromatic heterocycles. The molecule has 9 heteroatoms. The third-order valence-electron chi connectivity index (χ3n) is 4.71. The number of aromatic nitrogens is 5. The lowest BCUT2D eigenvalue weighted by atomic mass is 10.2. The van der Waals surface area contributed by atoms with Crippen LogP contribution in [-0.2, 0) is 11.5 Å². The molecule has 0 saturated heterocycles. The van der Waals surface area contributed by atoms with Gasteiger partial charge in [-0.15, -0.1) is 0 Å². The van der Waals surface area contributed by atoms with Crippen molar-refractivity contribution in [1.29, 1.82) is 0 Å². The first-order chi connectivity index (χ1) is 13.8. The van der Waals surface area contributed by atoms with E-state index in [1.54, 1.807) is 17.1 Å². The molecule has 0 aliphatic rings. The maximum atomic E-state index is 11.8. The fourth-order valence-corrected chi connectivity index (χ4v) is 3.86. The average Bonchev–Trinajstić information content (AvgIpc) is 3.26. The van der Waals surface area contributed by atoms with Crippen molar-refractivity contribution in [2.45, 2.75) is 32.4 Å². The second kappa shape index (κ2) is 7.41. The number of carboxylic acids is 1. The van der Waals surface area contributed by atoms with E-state index in [0.717, 1.165) is 11.6 Å².